The van der Waals surface area contributed by atoms with Crippen molar-refractivity contribution in [1.82, 2.24) is 0 Å². The fourth-order valence-corrected chi connectivity index (χ4v) is 5.93. The Labute approximate surface area is 251 Å². The average molecular weight is 581 g/mol. The highest BCUT2D eigenvalue weighted by molar-refractivity contribution is 6.06. The lowest BCUT2D eigenvalue weighted by Crippen LogP contribution is -2.38. The molecule has 1 heterocycles. The van der Waals surface area contributed by atoms with Gasteiger partial charge in [0.25, 0.3) is 0 Å². The number of ketones is 1. The Morgan fingerprint density at radius 1 is 0.907 bits per heavy atom. The van der Waals surface area contributed by atoms with Gasteiger partial charge in [-0.1, -0.05) is 69.3 Å². The maximum Gasteiger partial charge on any atom is 0.337 e. The molecule has 0 saturated carbocycles. The number of anilines is 2. The lowest BCUT2D eigenvalue weighted by molar-refractivity contribution is -0.138. The second-order valence-electron chi connectivity index (χ2n) is 12.1. The molecule has 2 atom stereocenters. The molecule has 43 heavy (non-hydrogen) atoms. The van der Waals surface area contributed by atoms with Gasteiger partial charge in [0, 0.05) is 24.1 Å². The molecule has 1 aliphatic carbocycles. The smallest absolute Gasteiger partial charge is 0.337 e. The third-order valence-electron chi connectivity index (χ3n) is 8.21. The summed E-state index contributed by atoms with van der Waals surface area (Å²) in [5, 5.41) is 12.8. The van der Waals surface area contributed by atoms with Crippen LogP contribution >= 0.6 is 0 Å². The molecule has 1 aliphatic heterocycles. The van der Waals surface area contributed by atoms with Gasteiger partial charge in [0.15, 0.2) is 5.78 Å². The van der Waals surface area contributed by atoms with E-state index in [0.717, 1.165) is 11.3 Å². The van der Waals surface area contributed by atoms with E-state index < -0.39 is 23.9 Å². The van der Waals surface area contributed by atoms with E-state index in [4.69, 9.17) is 4.74 Å². The Morgan fingerprint density at radius 3 is 2.19 bits per heavy atom. The Morgan fingerprint density at radius 2 is 1.56 bits per heavy atom. The van der Waals surface area contributed by atoms with Crippen molar-refractivity contribution in [3.8, 4) is 0 Å². The Hall–Kier alpha value is -4.72. The minimum absolute atomic E-state index is 0.0104. The topological polar surface area (TPSA) is 113 Å². The summed E-state index contributed by atoms with van der Waals surface area (Å²) in [5.41, 5.74) is 5.66. The molecule has 8 heteroatoms. The Balaban J connectivity index is 1.64. The molecule has 0 radical (unpaired) electrons. The molecule has 222 valence electrons. The standard InChI is InChI=1S/C35H36N2O6/c1-35(2,3)25-15-13-21(14-16-25)24-19-27-32(29(38)20-24)33(22-9-11-23(12-10-22)34(42)43-4)37(30(39)17-18-31(40)41)28-8-6-5-7-26(28)36-27/h5-16,24,33,36H,17-20H2,1-4H3,(H,40,41)/t24-,33+/m1/s1. The van der Waals surface area contributed by atoms with Gasteiger partial charge < -0.3 is 15.2 Å². The summed E-state index contributed by atoms with van der Waals surface area (Å²) in [6.45, 7) is 6.49. The van der Waals surface area contributed by atoms with E-state index in [1.54, 1.807) is 36.4 Å². The van der Waals surface area contributed by atoms with Crippen molar-refractivity contribution in [2.75, 3.05) is 17.3 Å². The van der Waals surface area contributed by atoms with Crippen molar-refractivity contribution in [3.05, 3.63) is 106 Å². The average Bonchev–Trinajstić information content (AvgIpc) is 3.14. The summed E-state index contributed by atoms with van der Waals surface area (Å²) in [7, 11) is 1.30. The van der Waals surface area contributed by atoms with E-state index in [9.17, 15) is 24.3 Å². The molecular weight excluding hydrogens is 544 g/mol. The van der Waals surface area contributed by atoms with Crippen LogP contribution in [0, 0.1) is 0 Å². The van der Waals surface area contributed by atoms with E-state index >= 15 is 0 Å². The van der Waals surface area contributed by atoms with Crippen LogP contribution in [-0.4, -0.2) is 35.8 Å². The normalized spacial score (nSPS) is 18.2. The van der Waals surface area contributed by atoms with Gasteiger partial charge in [-0.05, 0) is 58.7 Å². The summed E-state index contributed by atoms with van der Waals surface area (Å²) >= 11 is 0. The third kappa shape index (κ3) is 6.09. The lowest BCUT2D eigenvalue weighted by Gasteiger charge is -2.35. The Kier molecular flexibility index (Phi) is 8.22. The van der Waals surface area contributed by atoms with E-state index in [1.807, 2.05) is 12.1 Å². The quantitative estimate of drug-likeness (QED) is 0.319. The minimum Gasteiger partial charge on any atom is -0.481 e. The monoisotopic (exact) mass is 580 g/mol. The maximum absolute atomic E-state index is 14.2. The van der Waals surface area contributed by atoms with Gasteiger partial charge in [0.05, 0.1) is 36.5 Å². The molecule has 5 rings (SSSR count). The molecular formula is C35H36N2O6. The SMILES string of the molecule is COC(=O)c1ccc([C@H]2C3=C(C[C@@H](c4ccc(C(C)(C)C)cc4)CC3=O)Nc3ccccc3N2C(=O)CCC(=O)O)cc1. The fraction of sp³-hybridized carbons (Fsp3) is 0.314. The van der Waals surface area contributed by atoms with Crippen LogP contribution in [0.4, 0.5) is 11.4 Å². The number of amides is 1. The molecule has 3 aromatic carbocycles. The number of esters is 1. The largest absolute Gasteiger partial charge is 0.481 e. The highest BCUT2D eigenvalue weighted by Gasteiger charge is 2.41. The molecule has 1 amide bonds. The number of hydrogen-bond donors (Lipinski definition) is 2. The summed E-state index contributed by atoms with van der Waals surface area (Å²) in [4.78, 5) is 53.1. The van der Waals surface area contributed by atoms with Gasteiger partial charge >= 0.3 is 11.9 Å². The number of methoxy groups -OCH3 is 1. The number of hydrogen-bond acceptors (Lipinski definition) is 6. The molecule has 0 spiro atoms. The maximum atomic E-state index is 14.2. The van der Waals surface area contributed by atoms with Gasteiger partial charge in [0.2, 0.25) is 5.91 Å². The molecule has 2 N–H and O–H groups in total. The van der Waals surface area contributed by atoms with Crippen molar-refractivity contribution < 1.29 is 29.0 Å². The predicted octanol–water partition coefficient (Wildman–Crippen LogP) is 6.54. The van der Waals surface area contributed by atoms with E-state index in [1.165, 1.54) is 17.6 Å². The molecule has 3 aromatic rings. The first kappa shape index (κ1) is 29.8. The van der Waals surface area contributed by atoms with Crippen LogP contribution in [0.5, 0.6) is 0 Å². The van der Waals surface area contributed by atoms with Crippen LogP contribution in [0.15, 0.2) is 84.1 Å². The number of aliphatic carboxylic acids is 1. The first-order valence-electron chi connectivity index (χ1n) is 14.4. The number of ether oxygens (including phenoxy) is 1. The van der Waals surface area contributed by atoms with Crippen molar-refractivity contribution in [2.45, 2.75) is 63.8 Å². The first-order chi connectivity index (χ1) is 20.5. The number of rotatable bonds is 6. The van der Waals surface area contributed by atoms with Crippen molar-refractivity contribution in [1.29, 1.82) is 0 Å². The molecule has 0 unspecified atom stereocenters. The van der Waals surface area contributed by atoms with Gasteiger partial charge in [-0.15, -0.1) is 0 Å². The summed E-state index contributed by atoms with van der Waals surface area (Å²) in [5.74, 6) is -2.15. The lowest BCUT2D eigenvalue weighted by atomic mass is 9.77. The van der Waals surface area contributed by atoms with E-state index in [-0.39, 0.29) is 36.4 Å². The first-order valence-corrected chi connectivity index (χ1v) is 14.4. The number of Topliss-reactive ketones (excluding diaryl/α,β-unsaturated/α-hetero) is 1. The van der Waals surface area contributed by atoms with Crippen molar-refractivity contribution in [2.24, 2.45) is 0 Å². The second kappa shape index (κ2) is 11.9. The van der Waals surface area contributed by atoms with Gasteiger partial charge in [-0.25, -0.2) is 4.79 Å². The van der Waals surface area contributed by atoms with Crippen molar-refractivity contribution in [3.63, 3.8) is 0 Å². The van der Waals surface area contributed by atoms with Crippen LogP contribution in [0.1, 0.15) is 85.5 Å². The zero-order valence-corrected chi connectivity index (χ0v) is 24.8. The number of carbonyl (C=O) groups excluding carboxylic acids is 3. The summed E-state index contributed by atoms with van der Waals surface area (Å²) in [6, 6.07) is 21.6. The Bertz CT molecular complexity index is 1600. The fourth-order valence-electron chi connectivity index (χ4n) is 5.93. The molecule has 0 fully saturated rings. The number of carboxylic acids is 1. The van der Waals surface area contributed by atoms with Crippen LogP contribution in [0.3, 0.4) is 0 Å². The van der Waals surface area contributed by atoms with Gasteiger partial charge in [-0.3, -0.25) is 19.3 Å². The van der Waals surface area contributed by atoms with Gasteiger partial charge in [0.1, 0.15) is 0 Å². The molecule has 0 saturated heterocycles. The van der Waals surface area contributed by atoms with Crippen LogP contribution < -0.4 is 10.2 Å². The molecule has 0 bridgehead atoms. The molecule has 2 aliphatic rings. The third-order valence-corrected chi connectivity index (χ3v) is 8.21. The number of carboxylic acid groups (broad SMARTS) is 1. The number of nitrogens with one attached hydrogen (secondary N) is 1. The second-order valence-corrected chi connectivity index (χ2v) is 12.1. The van der Waals surface area contributed by atoms with E-state index in [2.05, 4.69) is 50.4 Å². The number of carbonyl (C=O) groups is 4. The summed E-state index contributed by atoms with van der Waals surface area (Å²) in [6.07, 6.45) is 0.239. The minimum atomic E-state index is -1.08. The molecule has 8 nitrogen and oxygen atoms in total. The van der Waals surface area contributed by atoms with E-state index in [0.29, 0.717) is 34.5 Å². The van der Waals surface area contributed by atoms with Crippen LogP contribution in [0.25, 0.3) is 0 Å². The van der Waals surface area contributed by atoms with Gasteiger partial charge in [-0.2, -0.15) is 0 Å². The number of fused-ring (bicyclic) bond motifs is 1. The zero-order valence-electron chi connectivity index (χ0n) is 24.8. The highest BCUT2D eigenvalue weighted by atomic mass is 16.5. The molecule has 0 aromatic heterocycles. The number of para-hydroxylation sites is 2. The number of allylic oxidation sites excluding steroid dienone is 1. The number of nitrogens with zero attached hydrogens (tertiary/aromatic N) is 1. The number of benzene rings is 3. The van der Waals surface area contributed by atoms with Crippen LogP contribution in [0.2, 0.25) is 0 Å². The predicted molar refractivity (Wildman–Crippen MR) is 164 cm³/mol. The zero-order chi connectivity index (χ0) is 30.9. The van der Waals surface area contributed by atoms with Crippen LogP contribution in [-0.2, 0) is 24.5 Å². The highest BCUT2D eigenvalue weighted by Crippen LogP contribution is 2.47. The summed E-state index contributed by atoms with van der Waals surface area (Å²) < 4.78 is 4.85. The van der Waals surface area contributed by atoms with Crippen molar-refractivity contribution >= 4 is 35.0 Å².